The highest BCUT2D eigenvalue weighted by Crippen LogP contribution is 2.22. The number of aliphatic imine (C=N–C) groups is 1. The zero-order valence-corrected chi connectivity index (χ0v) is 18.0. The van der Waals surface area contributed by atoms with E-state index in [0.717, 1.165) is 50.3 Å². The number of nitrogens with one attached hydrogen (secondary N) is 2. The Morgan fingerprint density at radius 2 is 1.86 bits per heavy atom. The second-order valence-corrected chi connectivity index (χ2v) is 9.24. The average Bonchev–Trinajstić information content (AvgIpc) is 3.14. The summed E-state index contributed by atoms with van der Waals surface area (Å²) >= 11 is 0. The first-order valence-corrected chi connectivity index (χ1v) is 12.0. The molecule has 1 unspecified atom stereocenters. The molecule has 2 N–H and O–H groups in total. The third kappa shape index (κ3) is 6.49. The number of hydrogen-bond acceptors (Lipinski definition) is 3. The Kier molecular flexibility index (Phi) is 7.14. The van der Waals surface area contributed by atoms with E-state index in [9.17, 15) is 8.42 Å². The maximum Gasteiger partial charge on any atom is 0.229 e. The normalized spacial score (nSPS) is 17.4. The Morgan fingerprint density at radius 3 is 2.59 bits per heavy atom. The van der Waals surface area contributed by atoms with Crippen LogP contribution in [0.4, 0.5) is 5.69 Å². The van der Waals surface area contributed by atoms with Crippen molar-refractivity contribution in [3.8, 4) is 0 Å². The van der Waals surface area contributed by atoms with E-state index in [1.54, 1.807) is 6.07 Å². The van der Waals surface area contributed by atoms with Gasteiger partial charge < -0.3 is 10.2 Å². The molecule has 1 atom stereocenters. The summed E-state index contributed by atoms with van der Waals surface area (Å²) in [6.45, 7) is 5.23. The van der Waals surface area contributed by atoms with E-state index in [0.29, 0.717) is 18.2 Å². The Morgan fingerprint density at radius 1 is 1.14 bits per heavy atom. The van der Waals surface area contributed by atoms with E-state index in [1.807, 2.05) is 18.2 Å². The van der Waals surface area contributed by atoms with Crippen molar-refractivity contribution in [3.05, 3.63) is 65.7 Å². The molecule has 0 radical (unpaired) electrons. The summed E-state index contributed by atoms with van der Waals surface area (Å²) in [5, 5.41) is 3.38. The molecular formula is C22H30N4O2S. The summed E-state index contributed by atoms with van der Waals surface area (Å²) in [5.41, 5.74) is 2.81. The molecule has 156 valence electrons. The van der Waals surface area contributed by atoms with Crippen molar-refractivity contribution < 1.29 is 8.42 Å². The van der Waals surface area contributed by atoms with E-state index < -0.39 is 10.0 Å². The molecule has 1 saturated heterocycles. The van der Waals surface area contributed by atoms with Crippen LogP contribution in [0.2, 0.25) is 0 Å². The van der Waals surface area contributed by atoms with Crippen molar-refractivity contribution >= 4 is 21.7 Å². The van der Waals surface area contributed by atoms with Crippen LogP contribution in [0.3, 0.4) is 0 Å². The first kappa shape index (κ1) is 21.2. The lowest BCUT2D eigenvalue weighted by atomic mass is 9.99. The van der Waals surface area contributed by atoms with Crippen LogP contribution in [0, 0.1) is 5.92 Å². The molecule has 1 fully saturated rings. The molecule has 7 heteroatoms. The summed E-state index contributed by atoms with van der Waals surface area (Å²) in [5.74, 6) is 1.50. The van der Waals surface area contributed by atoms with Crippen molar-refractivity contribution in [3.63, 3.8) is 0 Å². The molecule has 1 aliphatic rings. The third-order valence-corrected chi connectivity index (χ3v) is 5.59. The molecule has 0 saturated carbocycles. The maximum absolute atomic E-state index is 11.6. The second-order valence-electron chi connectivity index (χ2n) is 7.49. The number of para-hydroxylation sites is 1. The molecule has 0 bridgehead atoms. The van der Waals surface area contributed by atoms with Crippen molar-refractivity contribution in [1.29, 1.82) is 0 Å². The van der Waals surface area contributed by atoms with Crippen LogP contribution < -0.4 is 10.0 Å². The predicted octanol–water partition coefficient (Wildman–Crippen LogP) is 3.09. The first-order valence-electron chi connectivity index (χ1n) is 10.1. The molecule has 0 spiro atoms. The third-order valence-electron chi connectivity index (χ3n) is 5.00. The van der Waals surface area contributed by atoms with E-state index in [1.165, 1.54) is 5.56 Å². The van der Waals surface area contributed by atoms with E-state index in [4.69, 9.17) is 4.99 Å². The summed E-state index contributed by atoms with van der Waals surface area (Å²) in [4.78, 5) is 7.10. The predicted molar refractivity (Wildman–Crippen MR) is 120 cm³/mol. The molecule has 6 nitrogen and oxygen atoms in total. The van der Waals surface area contributed by atoms with Gasteiger partial charge in [0.2, 0.25) is 10.0 Å². The molecule has 29 heavy (non-hydrogen) atoms. The van der Waals surface area contributed by atoms with Gasteiger partial charge in [-0.2, -0.15) is 0 Å². The van der Waals surface area contributed by atoms with Crippen molar-refractivity contribution in [1.82, 2.24) is 10.2 Å². The second kappa shape index (κ2) is 9.78. The van der Waals surface area contributed by atoms with Crippen LogP contribution in [0.25, 0.3) is 0 Å². The van der Waals surface area contributed by atoms with Gasteiger partial charge >= 0.3 is 0 Å². The fourth-order valence-electron chi connectivity index (χ4n) is 3.68. The van der Waals surface area contributed by atoms with Gasteiger partial charge in [-0.3, -0.25) is 4.72 Å². The number of rotatable bonds is 7. The summed E-state index contributed by atoms with van der Waals surface area (Å²) < 4.78 is 25.8. The molecular weight excluding hydrogens is 384 g/mol. The monoisotopic (exact) mass is 414 g/mol. The highest BCUT2D eigenvalue weighted by atomic mass is 32.2. The number of guanidine groups is 1. The van der Waals surface area contributed by atoms with E-state index >= 15 is 0 Å². The molecule has 2 aromatic carbocycles. The van der Waals surface area contributed by atoms with Gasteiger partial charge in [0.1, 0.15) is 0 Å². The SMILES string of the molecule is CCNC(=NCc1ccccc1NS(C)(=O)=O)N1CCC(Cc2ccccc2)C1. The highest BCUT2D eigenvalue weighted by Gasteiger charge is 2.25. The Hall–Kier alpha value is -2.54. The first-order chi connectivity index (χ1) is 13.9. The van der Waals surface area contributed by atoms with Gasteiger partial charge in [0.25, 0.3) is 0 Å². The number of benzene rings is 2. The summed E-state index contributed by atoms with van der Waals surface area (Å²) in [6, 6.07) is 18.0. The van der Waals surface area contributed by atoms with Gasteiger partial charge in [-0.05, 0) is 42.9 Å². The van der Waals surface area contributed by atoms with Gasteiger partial charge in [0.05, 0.1) is 18.5 Å². The lowest BCUT2D eigenvalue weighted by molar-refractivity contribution is 0.460. The molecule has 0 aromatic heterocycles. The minimum atomic E-state index is -3.33. The minimum Gasteiger partial charge on any atom is -0.357 e. The fraction of sp³-hybridized carbons (Fsp3) is 0.409. The molecule has 1 heterocycles. The Balaban J connectivity index is 1.68. The zero-order valence-electron chi connectivity index (χ0n) is 17.1. The zero-order chi connectivity index (χ0) is 20.7. The lowest BCUT2D eigenvalue weighted by Crippen LogP contribution is -2.40. The van der Waals surface area contributed by atoms with Crippen molar-refractivity contribution in [2.24, 2.45) is 10.9 Å². The molecule has 0 amide bonds. The van der Waals surface area contributed by atoms with Gasteiger partial charge in [0, 0.05) is 19.6 Å². The summed E-state index contributed by atoms with van der Waals surface area (Å²) in [6.07, 6.45) is 3.39. The van der Waals surface area contributed by atoms with Crippen molar-refractivity contribution in [2.75, 3.05) is 30.6 Å². The number of hydrogen-bond donors (Lipinski definition) is 2. The molecule has 0 aliphatic carbocycles. The van der Waals surface area contributed by atoms with E-state index in [2.05, 4.69) is 52.2 Å². The van der Waals surface area contributed by atoms with Crippen LogP contribution in [0.15, 0.2) is 59.6 Å². The van der Waals surface area contributed by atoms with Crippen LogP contribution >= 0.6 is 0 Å². The van der Waals surface area contributed by atoms with E-state index in [-0.39, 0.29) is 0 Å². The quantitative estimate of drug-likeness (QED) is 0.539. The van der Waals surface area contributed by atoms with Gasteiger partial charge in [-0.25, -0.2) is 13.4 Å². The smallest absolute Gasteiger partial charge is 0.229 e. The lowest BCUT2D eigenvalue weighted by Gasteiger charge is -2.22. The van der Waals surface area contributed by atoms with Gasteiger partial charge in [0.15, 0.2) is 5.96 Å². The number of sulfonamides is 1. The number of nitrogens with zero attached hydrogens (tertiary/aromatic N) is 2. The molecule has 3 rings (SSSR count). The largest absolute Gasteiger partial charge is 0.357 e. The van der Waals surface area contributed by atoms with Crippen LogP contribution in [0.5, 0.6) is 0 Å². The van der Waals surface area contributed by atoms with Crippen LogP contribution in [0.1, 0.15) is 24.5 Å². The average molecular weight is 415 g/mol. The molecule has 2 aromatic rings. The topological polar surface area (TPSA) is 73.8 Å². The Labute approximate surface area is 174 Å². The highest BCUT2D eigenvalue weighted by molar-refractivity contribution is 7.92. The van der Waals surface area contributed by atoms with Crippen LogP contribution in [-0.2, 0) is 23.0 Å². The fourth-order valence-corrected chi connectivity index (χ4v) is 4.28. The van der Waals surface area contributed by atoms with Crippen LogP contribution in [-0.4, -0.2) is 45.2 Å². The van der Waals surface area contributed by atoms with Gasteiger partial charge in [-0.1, -0.05) is 48.5 Å². The Bertz CT molecular complexity index is 929. The van der Waals surface area contributed by atoms with Gasteiger partial charge in [-0.15, -0.1) is 0 Å². The number of likely N-dealkylation sites (tertiary alicyclic amines) is 1. The maximum atomic E-state index is 11.6. The standard InChI is InChI=1S/C22H30N4O2S/c1-3-23-22(24-16-20-11-7-8-12-21(20)25-29(2,27)28)26-14-13-19(17-26)15-18-9-5-4-6-10-18/h4-12,19,25H,3,13-17H2,1-2H3,(H,23,24). The molecule has 1 aliphatic heterocycles. The van der Waals surface area contributed by atoms with Crippen molar-refractivity contribution in [2.45, 2.75) is 26.3 Å². The minimum absolute atomic E-state index is 0.418. The summed E-state index contributed by atoms with van der Waals surface area (Å²) in [7, 11) is -3.33. The number of anilines is 1.